The highest BCUT2D eigenvalue weighted by Gasteiger charge is 2.01. The van der Waals surface area contributed by atoms with Crippen molar-refractivity contribution < 1.29 is 0 Å². The molecule has 0 saturated heterocycles. The van der Waals surface area contributed by atoms with Crippen LogP contribution in [0.25, 0.3) is 10.8 Å². The molecule has 94 valence electrons. The van der Waals surface area contributed by atoms with Crippen molar-refractivity contribution >= 4 is 16.5 Å². The normalized spacial score (nSPS) is 10.6. The number of aryl methyl sites for hydroxylation is 1. The minimum atomic E-state index is 0.826. The summed E-state index contributed by atoms with van der Waals surface area (Å²) in [5.74, 6) is 0. The van der Waals surface area contributed by atoms with Crippen molar-refractivity contribution in [3.8, 4) is 0 Å². The number of nitrogens with zero attached hydrogens (tertiary/aromatic N) is 1. The monoisotopic (exact) mass is 248 g/mol. The predicted molar refractivity (Wildman–Crippen MR) is 80.2 cm³/mol. The van der Waals surface area contributed by atoms with E-state index >= 15 is 0 Å². The largest absolute Gasteiger partial charge is 0.381 e. The van der Waals surface area contributed by atoms with Crippen molar-refractivity contribution in [2.45, 2.75) is 13.5 Å². The van der Waals surface area contributed by atoms with E-state index in [1.165, 1.54) is 21.9 Å². The van der Waals surface area contributed by atoms with Crippen LogP contribution < -0.4 is 5.32 Å². The van der Waals surface area contributed by atoms with Crippen molar-refractivity contribution in [1.29, 1.82) is 0 Å². The van der Waals surface area contributed by atoms with Crippen LogP contribution in [0.5, 0.6) is 0 Å². The van der Waals surface area contributed by atoms with Gasteiger partial charge in [-0.05, 0) is 34.9 Å². The lowest BCUT2D eigenvalue weighted by Crippen LogP contribution is -2.01. The molecule has 2 nitrogen and oxygen atoms in total. The second-order valence-electron chi connectivity index (χ2n) is 4.68. The van der Waals surface area contributed by atoms with Crippen LogP contribution in [0.2, 0.25) is 0 Å². The maximum absolute atomic E-state index is 4.11. The molecule has 0 aliphatic heterocycles. The highest BCUT2D eigenvalue weighted by molar-refractivity contribution is 5.85. The SMILES string of the molecule is Cc1cnccc1NCc1cccc2ccccc12. The molecular formula is C17H16N2. The van der Waals surface area contributed by atoms with Gasteiger partial charge >= 0.3 is 0 Å². The van der Waals surface area contributed by atoms with Crippen LogP contribution in [-0.2, 0) is 6.54 Å². The number of rotatable bonds is 3. The second-order valence-corrected chi connectivity index (χ2v) is 4.68. The fraction of sp³-hybridized carbons (Fsp3) is 0.118. The van der Waals surface area contributed by atoms with E-state index in [1.807, 2.05) is 18.5 Å². The van der Waals surface area contributed by atoms with Gasteiger partial charge in [-0.3, -0.25) is 4.98 Å². The smallest absolute Gasteiger partial charge is 0.0407 e. The first-order valence-corrected chi connectivity index (χ1v) is 6.46. The molecule has 0 saturated carbocycles. The lowest BCUT2D eigenvalue weighted by Gasteiger charge is -2.11. The van der Waals surface area contributed by atoms with Crippen LogP contribution in [0, 0.1) is 6.92 Å². The van der Waals surface area contributed by atoms with E-state index in [2.05, 4.69) is 59.7 Å². The number of hydrogen-bond donors (Lipinski definition) is 1. The summed E-state index contributed by atoms with van der Waals surface area (Å²) in [6.07, 6.45) is 3.70. The zero-order chi connectivity index (χ0) is 13.1. The molecule has 2 heteroatoms. The molecule has 1 heterocycles. The Balaban J connectivity index is 1.88. The van der Waals surface area contributed by atoms with Gasteiger partial charge in [-0.25, -0.2) is 0 Å². The average molecular weight is 248 g/mol. The molecule has 0 unspecified atom stereocenters. The minimum absolute atomic E-state index is 0.826. The minimum Gasteiger partial charge on any atom is -0.381 e. The fourth-order valence-corrected chi connectivity index (χ4v) is 2.31. The van der Waals surface area contributed by atoms with Crippen LogP contribution in [-0.4, -0.2) is 4.98 Å². The van der Waals surface area contributed by atoms with Crippen LogP contribution in [0.3, 0.4) is 0 Å². The Kier molecular flexibility index (Phi) is 3.15. The third kappa shape index (κ3) is 2.43. The van der Waals surface area contributed by atoms with Crippen molar-refractivity contribution in [3.63, 3.8) is 0 Å². The summed E-state index contributed by atoms with van der Waals surface area (Å²) >= 11 is 0. The number of hydrogen-bond acceptors (Lipinski definition) is 2. The molecule has 1 aromatic heterocycles. The predicted octanol–water partition coefficient (Wildman–Crippen LogP) is 4.16. The third-order valence-corrected chi connectivity index (χ3v) is 3.37. The Hall–Kier alpha value is -2.35. The molecule has 1 N–H and O–H groups in total. The molecule has 2 aromatic carbocycles. The molecule has 0 fully saturated rings. The Labute approximate surface area is 113 Å². The first-order chi connectivity index (χ1) is 9.34. The van der Waals surface area contributed by atoms with Crippen molar-refractivity contribution in [2.75, 3.05) is 5.32 Å². The maximum atomic E-state index is 4.11. The molecular weight excluding hydrogens is 232 g/mol. The van der Waals surface area contributed by atoms with E-state index in [9.17, 15) is 0 Å². The quantitative estimate of drug-likeness (QED) is 0.753. The summed E-state index contributed by atoms with van der Waals surface area (Å²) in [7, 11) is 0. The Morgan fingerprint density at radius 1 is 1.00 bits per heavy atom. The van der Waals surface area contributed by atoms with E-state index in [-0.39, 0.29) is 0 Å². The number of benzene rings is 2. The second kappa shape index (κ2) is 5.11. The zero-order valence-electron chi connectivity index (χ0n) is 10.9. The van der Waals surface area contributed by atoms with Crippen molar-refractivity contribution in [1.82, 2.24) is 4.98 Å². The summed E-state index contributed by atoms with van der Waals surface area (Å²) in [5.41, 5.74) is 3.62. The highest BCUT2D eigenvalue weighted by atomic mass is 14.9. The van der Waals surface area contributed by atoms with Crippen LogP contribution >= 0.6 is 0 Å². The van der Waals surface area contributed by atoms with Gasteiger partial charge in [-0.2, -0.15) is 0 Å². The first-order valence-electron chi connectivity index (χ1n) is 6.46. The average Bonchev–Trinajstić information content (AvgIpc) is 2.46. The van der Waals surface area contributed by atoms with E-state index < -0.39 is 0 Å². The fourth-order valence-electron chi connectivity index (χ4n) is 2.31. The summed E-state index contributed by atoms with van der Waals surface area (Å²) < 4.78 is 0. The molecule has 3 rings (SSSR count). The molecule has 0 aliphatic rings. The summed E-state index contributed by atoms with van der Waals surface area (Å²) in [6.45, 7) is 2.89. The zero-order valence-corrected chi connectivity index (χ0v) is 10.9. The third-order valence-electron chi connectivity index (χ3n) is 3.37. The molecule has 0 aliphatic carbocycles. The molecule has 0 radical (unpaired) electrons. The Bertz CT molecular complexity index is 699. The van der Waals surface area contributed by atoms with Gasteiger partial charge in [0.2, 0.25) is 0 Å². The van der Waals surface area contributed by atoms with Gasteiger partial charge in [-0.1, -0.05) is 42.5 Å². The van der Waals surface area contributed by atoms with Gasteiger partial charge in [0.1, 0.15) is 0 Å². The van der Waals surface area contributed by atoms with Crippen molar-refractivity contribution in [3.05, 3.63) is 72.1 Å². The number of nitrogens with one attached hydrogen (secondary N) is 1. The molecule has 3 aromatic rings. The molecule has 19 heavy (non-hydrogen) atoms. The van der Waals surface area contributed by atoms with Gasteiger partial charge in [0.05, 0.1) is 0 Å². The maximum Gasteiger partial charge on any atom is 0.0407 e. The molecule has 0 amide bonds. The Morgan fingerprint density at radius 3 is 2.74 bits per heavy atom. The lowest BCUT2D eigenvalue weighted by atomic mass is 10.0. The van der Waals surface area contributed by atoms with Gasteiger partial charge in [0.25, 0.3) is 0 Å². The van der Waals surface area contributed by atoms with Crippen LogP contribution in [0.1, 0.15) is 11.1 Å². The van der Waals surface area contributed by atoms with E-state index in [1.54, 1.807) is 0 Å². The van der Waals surface area contributed by atoms with Crippen LogP contribution in [0.15, 0.2) is 60.9 Å². The van der Waals surface area contributed by atoms with Crippen molar-refractivity contribution in [2.24, 2.45) is 0 Å². The van der Waals surface area contributed by atoms with Gasteiger partial charge in [0.15, 0.2) is 0 Å². The first kappa shape index (κ1) is 11.7. The highest BCUT2D eigenvalue weighted by Crippen LogP contribution is 2.20. The molecule has 0 atom stereocenters. The van der Waals surface area contributed by atoms with Gasteiger partial charge in [0, 0.05) is 24.6 Å². The summed E-state index contributed by atoms with van der Waals surface area (Å²) in [6, 6.07) is 16.9. The van der Waals surface area contributed by atoms with E-state index in [0.29, 0.717) is 0 Å². The topological polar surface area (TPSA) is 24.9 Å². The molecule has 0 spiro atoms. The van der Waals surface area contributed by atoms with E-state index in [0.717, 1.165) is 12.2 Å². The number of anilines is 1. The number of pyridine rings is 1. The standard InChI is InChI=1S/C17H16N2/c1-13-11-18-10-9-17(13)19-12-15-7-4-6-14-5-2-3-8-16(14)15/h2-11H,12H2,1H3,(H,18,19). The van der Waals surface area contributed by atoms with Gasteiger partial charge in [-0.15, -0.1) is 0 Å². The van der Waals surface area contributed by atoms with Gasteiger partial charge < -0.3 is 5.32 Å². The number of aromatic nitrogens is 1. The number of fused-ring (bicyclic) bond motifs is 1. The molecule has 0 bridgehead atoms. The van der Waals surface area contributed by atoms with Crippen LogP contribution in [0.4, 0.5) is 5.69 Å². The lowest BCUT2D eigenvalue weighted by molar-refractivity contribution is 1.14. The van der Waals surface area contributed by atoms with E-state index in [4.69, 9.17) is 0 Å². The summed E-state index contributed by atoms with van der Waals surface area (Å²) in [4.78, 5) is 4.11. The Morgan fingerprint density at radius 2 is 1.84 bits per heavy atom. The summed E-state index contributed by atoms with van der Waals surface area (Å²) in [5, 5.41) is 6.08.